The van der Waals surface area contributed by atoms with E-state index in [9.17, 15) is 5.11 Å². The zero-order valence-corrected chi connectivity index (χ0v) is 9.84. The van der Waals surface area contributed by atoms with E-state index in [1.165, 1.54) is 12.8 Å². The zero-order valence-electron chi connectivity index (χ0n) is 9.84. The molecule has 2 rings (SSSR count). The Morgan fingerprint density at radius 3 is 3.19 bits per heavy atom. The van der Waals surface area contributed by atoms with Crippen LogP contribution in [0.2, 0.25) is 0 Å². The molecule has 0 spiro atoms. The van der Waals surface area contributed by atoms with Crippen LogP contribution >= 0.6 is 0 Å². The zero-order chi connectivity index (χ0) is 11.4. The van der Waals surface area contributed by atoms with Gasteiger partial charge in [0, 0.05) is 31.0 Å². The molecule has 1 aliphatic heterocycles. The molecule has 1 aliphatic rings. The number of hydrogen-bond acceptors (Lipinski definition) is 3. The van der Waals surface area contributed by atoms with Gasteiger partial charge in [0.15, 0.2) is 0 Å². The fourth-order valence-corrected chi connectivity index (χ4v) is 2.38. The predicted molar refractivity (Wildman–Crippen MR) is 64.0 cm³/mol. The first-order valence-electron chi connectivity index (χ1n) is 6.06. The Kier molecular flexibility index (Phi) is 3.91. The molecule has 0 aromatic carbocycles. The Labute approximate surface area is 97.1 Å². The van der Waals surface area contributed by atoms with Crippen LogP contribution in [0, 0.1) is 5.92 Å². The van der Waals surface area contributed by atoms with Gasteiger partial charge in [-0.05, 0) is 31.4 Å². The molecule has 3 heteroatoms. The lowest BCUT2D eigenvalue weighted by Gasteiger charge is -2.32. The van der Waals surface area contributed by atoms with Crippen LogP contribution in [0.25, 0.3) is 0 Å². The maximum atomic E-state index is 10.1. The average molecular weight is 220 g/mol. The number of aromatic nitrogens is 1. The number of piperidine rings is 1. The Hall–Kier alpha value is -0.930. The number of hydrogen-bond donors (Lipinski definition) is 1. The van der Waals surface area contributed by atoms with Crippen LogP contribution in [0.3, 0.4) is 0 Å². The van der Waals surface area contributed by atoms with Crippen LogP contribution in [0.1, 0.15) is 31.4 Å². The first kappa shape index (κ1) is 11.6. The summed E-state index contributed by atoms with van der Waals surface area (Å²) < 4.78 is 0. The lowest BCUT2D eigenvalue weighted by molar-refractivity contribution is 0.0874. The fourth-order valence-electron chi connectivity index (χ4n) is 2.38. The van der Waals surface area contributed by atoms with Gasteiger partial charge in [0.25, 0.3) is 0 Å². The lowest BCUT2D eigenvalue weighted by Crippen LogP contribution is -2.37. The second kappa shape index (κ2) is 5.41. The number of aliphatic hydroxyl groups is 1. The van der Waals surface area contributed by atoms with Crippen molar-refractivity contribution in [2.24, 2.45) is 5.92 Å². The van der Waals surface area contributed by atoms with E-state index in [1.807, 2.05) is 12.1 Å². The van der Waals surface area contributed by atoms with E-state index in [0.717, 1.165) is 31.1 Å². The van der Waals surface area contributed by atoms with Crippen LogP contribution in [0.5, 0.6) is 0 Å². The third-order valence-electron chi connectivity index (χ3n) is 3.24. The third-order valence-corrected chi connectivity index (χ3v) is 3.24. The second-order valence-electron chi connectivity index (χ2n) is 4.81. The van der Waals surface area contributed by atoms with E-state index in [2.05, 4.69) is 16.8 Å². The molecule has 1 aromatic heterocycles. The highest BCUT2D eigenvalue weighted by atomic mass is 16.3. The normalized spacial score (nSPS) is 24.2. The van der Waals surface area contributed by atoms with Crippen molar-refractivity contribution in [3.63, 3.8) is 0 Å². The van der Waals surface area contributed by atoms with Crippen molar-refractivity contribution < 1.29 is 5.11 Å². The van der Waals surface area contributed by atoms with Gasteiger partial charge in [-0.25, -0.2) is 0 Å². The molecule has 2 heterocycles. The van der Waals surface area contributed by atoms with E-state index in [1.54, 1.807) is 12.4 Å². The van der Waals surface area contributed by atoms with E-state index in [0.29, 0.717) is 0 Å². The van der Waals surface area contributed by atoms with E-state index < -0.39 is 6.10 Å². The molecule has 88 valence electrons. The monoisotopic (exact) mass is 220 g/mol. The summed E-state index contributed by atoms with van der Waals surface area (Å²) >= 11 is 0. The molecular formula is C13H20N2O. The molecule has 0 amide bonds. The second-order valence-corrected chi connectivity index (χ2v) is 4.81. The van der Waals surface area contributed by atoms with Crippen molar-refractivity contribution >= 4 is 0 Å². The van der Waals surface area contributed by atoms with Crippen LogP contribution in [-0.2, 0) is 0 Å². The Morgan fingerprint density at radius 1 is 1.62 bits per heavy atom. The minimum Gasteiger partial charge on any atom is -0.387 e. The van der Waals surface area contributed by atoms with Gasteiger partial charge in [-0.1, -0.05) is 13.0 Å². The van der Waals surface area contributed by atoms with Gasteiger partial charge in [-0.2, -0.15) is 0 Å². The molecule has 1 N–H and O–H groups in total. The number of nitrogens with zero attached hydrogens (tertiary/aromatic N) is 2. The van der Waals surface area contributed by atoms with Gasteiger partial charge in [-0.3, -0.25) is 4.98 Å². The van der Waals surface area contributed by atoms with Crippen molar-refractivity contribution in [2.75, 3.05) is 19.6 Å². The minimum absolute atomic E-state index is 0.404. The molecule has 1 fully saturated rings. The summed E-state index contributed by atoms with van der Waals surface area (Å²) in [6.07, 6.45) is 5.65. The number of β-amino-alcohol motifs (C(OH)–C–C–N with tert-alkyl or cyclic N) is 1. The molecule has 0 saturated carbocycles. The topological polar surface area (TPSA) is 36.4 Å². The summed E-state index contributed by atoms with van der Waals surface area (Å²) in [5.41, 5.74) is 0.917. The smallest absolute Gasteiger partial charge is 0.0931 e. The molecule has 3 nitrogen and oxygen atoms in total. The van der Waals surface area contributed by atoms with Gasteiger partial charge < -0.3 is 10.0 Å². The first-order chi connectivity index (χ1) is 7.75. The molecule has 0 aliphatic carbocycles. The number of pyridine rings is 1. The summed E-state index contributed by atoms with van der Waals surface area (Å²) in [7, 11) is 0. The number of likely N-dealkylation sites (tertiary alicyclic amines) is 1. The van der Waals surface area contributed by atoms with Crippen LogP contribution in [-0.4, -0.2) is 34.6 Å². The fraction of sp³-hybridized carbons (Fsp3) is 0.615. The Bertz CT molecular complexity index is 315. The van der Waals surface area contributed by atoms with Crippen molar-refractivity contribution in [1.29, 1.82) is 0 Å². The highest BCUT2D eigenvalue weighted by molar-refractivity contribution is 5.12. The third kappa shape index (κ3) is 3.03. The van der Waals surface area contributed by atoms with Crippen molar-refractivity contribution in [3.8, 4) is 0 Å². The van der Waals surface area contributed by atoms with Gasteiger partial charge in [0.05, 0.1) is 6.10 Å². The van der Waals surface area contributed by atoms with Crippen molar-refractivity contribution in [3.05, 3.63) is 30.1 Å². The van der Waals surface area contributed by atoms with Crippen LogP contribution < -0.4 is 0 Å². The molecule has 0 radical (unpaired) electrons. The molecule has 16 heavy (non-hydrogen) atoms. The quantitative estimate of drug-likeness (QED) is 0.844. The van der Waals surface area contributed by atoms with Gasteiger partial charge in [-0.15, -0.1) is 0 Å². The SMILES string of the molecule is CC1CCCN(CC(O)c2cccnc2)C1. The van der Waals surface area contributed by atoms with E-state index in [-0.39, 0.29) is 0 Å². The largest absolute Gasteiger partial charge is 0.387 e. The maximum absolute atomic E-state index is 10.1. The number of aliphatic hydroxyl groups excluding tert-OH is 1. The molecule has 0 bridgehead atoms. The summed E-state index contributed by atoms with van der Waals surface area (Å²) in [6.45, 7) is 5.23. The Balaban J connectivity index is 1.89. The van der Waals surface area contributed by atoms with Gasteiger partial charge in [0.2, 0.25) is 0 Å². The highest BCUT2D eigenvalue weighted by Gasteiger charge is 2.19. The summed E-state index contributed by atoms with van der Waals surface area (Å²) in [6, 6.07) is 3.81. The first-order valence-corrected chi connectivity index (χ1v) is 6.06. The molecular weight excluding hydrogens is 200 g/mol. The standard InChI is InChI=1S/C13H20N2O/c1-11-4-3-7-15(9-11)10-13(16)12-5-2-6-14-8-12/h2,5-6,8,11,13,16H,3-4,7,9-10H2,1H3. The van der Waals surface area contributed by atoms with Crippen molar-refractivity contribution in [1.82, 2.24) is 9.88 Å². The van der Waals surface area contributed by atoms with Gasteiger partial charge in [0.1, 0.15) is 0 Å². The summed E-state index contributed by atoms with van der Waals surface area (Å²) in [4.78, 5) is 6.39. The Morgan fingerprint density at radius 2 is 2.50 bits per heavy atom. The molecule has 2 unspecified atom stereocenters. The molecule has 1 aromatic rings. The van der Waals surface area contributed by atoms with Crippen LogP contribution in [0.15, 0.2) is 24.5 Å². The highest BCUT2D eigenvalue weighted by Crippen LogP contribution is 2.19. The predicted octanol–water partition coefficient (Wildman–Crippen LogP) is 1.85. The number of rotatable bonds is 3. The van der Waals surface area contributed by atoms with Crippen LogP contribution in [0.4, 0.5) is 0 Å². The minimum atomic E-state index is -0.404. The molecule has 1 saturated heterocycles. The maximum Gasteiger partial charge on any atom is 0.0931 e. The van der Waals surface area contributed by atoms with E-state index >= 15 is 0 Å². The summed E-state index contributed by atoms with van der Waals surface area (Å²) in [5.74, 6) is 0.759. The molecule has 2 atom stereocenters. The van der Waals surface area contributed by atoms with Gasteiger partial charge >= 0.3 is 0 Å². The van der Waals surface area contributed by atoms with E-state index in [4.69, 9.17) is 0 Å². The lowest BCUT2D eigenvalue weighted by atomic mass is 9.99. The summed E-state index contributed by atoms with van der Waals surface area (Å²) in [5, 5.41) is 10.1. The average Bonchev–Trinajstić information content (AvgIpc) is 2.30. The van der Waals surface area contributed by atoms with Crippen molar-refractivity contribution in [2.45, 2.75) is 25.9 Å².